The summed E-state index contributed by atoms with van der Waals surface area (Å²) in [5, 5.41) is 25.6. The summed E-state index contributed by atoms with van der Waals surface area (Å²) in [7, 11) is -4.51. The predicted octanol–water partition coefficient (Wildman–Crippen LogP) is 31.4. The molecule has 0 saturated heterocycles. The van der Waals surface area contributed by atoms with Gasteiger partial charge >= 0.3 is 17.0 Å². The van der Waals surface area contributed by atoms with E-state index in [-0.39, 0.29) is 11.6 Å². The third kappa shape index (κ3) is 31.1. The molecule has 0 unspecified atom stereocenters. The minimum atomic E-state index is -1.59. The maximum Gasteiger partial charge on any atom is 0.530 e. The number of hydrogen-bond donors (Lipinski definition) is 0. The molecule has 0 bridgehead atoms. The molecule has 23 aromatic rings. The van der Waals surface area contributed by atoms with Crippen molar-refractivity contribution in [3.05, 3.63) is 642 Å². The highest BCUT2D eigenvalue weighted by atomic mass is 31.2. The Morgan fingerprint density at radius 1 is 0.160 bits per heavy atom. The van der Waals surface area contributed by atoms with E-state index >= 15 is 0 Å². The van der Waals surface area contributed by atoms with Crippen LogP contribution in [0.5, 0.6) is 34.5 Å². The summed E-state index contributed by atoms with van der Waals surface area (Å²) in [5.41, 5.74) is 1.19. The van der Waals surface area contributed by atoms with Gasteiger partial charge in [0.15, 0.2) is 8.15 Å². The number of para-hydroxylation sites is 6. The van der Waals surface area contributed by atoms with E-state index in [1.165, 1.54) is 120 Å². The van der Waals surface area contributed by atoms with Gasteiger partial charge in [-0.3, -0.25) is 0 Å². The molecule has 0 fully saturated rings. The van der Waals surface area contributed by atoms with E-state index < -0.39 is 57.0 Å². The first-order valence-electron chi connectivity index (χ1n) is 49.1. The van der Waals surface area contributed by atoms with Crippen LogP contribution in [0.15, 0.2) is 625 Å². The first-order chi connectivity index (χ1) is 74.1. The van der Waals surface area contributed by atoms with Gasteiger partial charge in [0.2, 0.25) is 0 Å². The molecule has 0 N–H and O–H groups in total. The Morgan fingerprint density at radius 3 is 0.627 bits per heavy atom. The largest absolute Gasteiger partial charge is 0.530 e. The van der Waals surface area contributed by atoms with Crippen LogP contribution in [0.1, 0.15) is 5.56 Å². The molecule has 0 aliphatic carbocycles. The van der Waals surface area contributed by atoms with E-state index in [0.717, 1.165) is 33.2 Å². The van der Waals surface area contributed by atoms with Crippen LogP contribution >= 0.6 is 57.0 Å². The van der Waals surface area contributed by atoms with Crippen LogP contribution in [0.25, 0.3) is 32.3 Å². The Morgan fingerprint density at radius 2 is 0.360 bits per heavy atom. The first kappa shape index (κ1) is 106. The molecule has 23 aromatic carbocycles. The van der Waals surface area contributed by atoms with E-state index in [0.29, 0.717) is 17.2 Å². The van der Waals surface area contributed by atoms with Crippen LogP contribution in [-0.4, -0.2) is 7.11 Å². The second kappa shape index (κ2) is 57.1. The minimum Gasteiger partial charge on any atom is -0.464 e. The van der Waals surface area contributed by atoms with Gasteiger partial charge in [-0.05, 0) is 220 Å². The fraction of sp³-hybridized carbons (Fsp3) is 0.0149. The molecule has 736 valence electrons. The Hall–Kier alpha value is -15.5. The van der Waals surface area contributed by atoms with Crippen LogP contribution < -0.4 is 101 Å². The quantitative estimate of drug-likeness (QED) is 0.0475. The number of halogens is 2. The zero-order valence-corrected chi connectivity index (χ0v) is 89.0. The number of hydrogen-bond acceptors (Lipinski definition) is 7. The number of aryl methyl sites for hydroxylation is 1. The Kier molecular flexibility index (Phi) is 40.3. The summed E-state index contributed by atoms with van der Waals surface area (Å²) in [4.78, 5) is 0. The standard InChI is InChI=1S/C30H21P.C19H15F2P.C18H15O3P.C18H15O2P.C18H15OP.C18H15P.C13H13OP/c1-4-16-25-22(10-1)13-7-19-28(25)31(29-20-8-14-23-11-2-5-17-26(23)29)30-21-9-15-24-12-3-6-18-27(24)30;1-14-2-8-17(9-3-14)22(18-10-4-15(20)5-11-18)19-12-6-16(21)7-13-19;1-4-10-16(11-5-1)19-22(20-17-12-6-2-7-13-17)21-18-14-8-3-9-15-18;1-4-10-16(11-5-1)19-21(18-14-8-3-9-15-18)20-17-12-6-2-7-13-17;1-4-10-16(11-5-1)19-20(17-12-6-2-7-13-17)18-14-8-3-9-15-18;1-4-10-16(11-5-1)19(17-12-6-2-7-13-17)18-14-8-3-9-15-18;1-14-15(12-8-4-2-5-9-12)13-10-6-3-7-11-13/h1-21H;2-13H,1H3;1-15H;1-15H;1-15H;1-15H;2-11H,1H3. The topological polar surface area (TPSA) is 64.6 Å². The molecular formula is C134H109F2O7P7. The molecule has 0 aliphatic heterocycles. The predicted molar refractivity (Wildman–Crippen MR) is 640 cm³/mol. The van der Waals surface area contributed by atoms with Gasteiger partial charge in [-0.25, -0.2) is 8.78 Å². The van der Waals surface area contributed by atoms with Gasteiger partial charge in [0.25, 0.3) is 0 Å². The zero-order valence-electron chi connectivity index (χ0n) is 82.7. The van der Waals surface area contributed by atoms with Crippen molar-refractivity contribution >= 4 is 164 Å². The molecule has 0 amide bonds. The van der Waals surface area contributed by atoms with E-state index in [1.807, 2.05) is 292 Å². The smallest absolute Gasteiger partial charge is 0.464 e. The summed E-state index contributed by atoms with van der Waals surface area (Å²) < 4.78 is 67.9. The van der Waals surface area contributed by atoms with Gasteiger partial charge in [-0.2, -0.15) is 0 Å². The highest BCUT2D eigenvalue weighted by Gasteiger charge is 2.27. The monoisotopic (exact) mass is 2080 g/mol. The maximum atomic E-state index is 13.2. The molecule has 0 atom stereocenters. The molecule has 0 aliphatic rings. The third-order valence-electron chi connectivity index (χ3n) is 23.2. The molecule has 0 radical (unpaired) electrons. The Labute approximate surface area is 888 Å². The van der Waals surface area contributed by atoms with E-state index in [1.54, 1.807) is 7.11 Å². The van der Waals surface area contributed by atoms with Gasteiger partial charge < -0.3 is 31.7 Å². The number of fused-ring (bicyclic) bond motifs is 3. The van der Waals surface area contributed by atoms with Crippen LogP contribution in [0.3, 0.4) is 0 Å². The second-order valence-corrected chi connectivity index (χ2v) is 46.4. The molecule has 0 aromatic heterocycles. The lowest BCUT2D eigenvalue weighted by Crippen LogP contribution is -2.22. The summed E-state index contributed by atoms with van der Waals surface area (Å²) in [6.07, 6.45) is 0. The Bertz CT molecular complexity index is 7250. The molecule has 0 saturated carbocycles. The van der Waals surface area contributed by atoms with Crippen molar-refractivity contribution in [2.45, 2.75) is 6.92 Å². The van der Waals surface area contributed by atoms with E-state index in [4.69, 9.17) is 31.7 Å². The molecule has 150 heavy (non-hydrogen) atoms. The maximum absolute atomic E-state index is 13.2. The van der Waals surface area contributed by atoms with Crippen LogP contribution in [0.2, 0.25) is 0 Å². The van der Waals surface area contributed by atoms with Crippen molar-refractivity contribution in [2.24, 2.45) is 0 Å². The zero-order chi connectivity index (χ0) is 103. The van der Waals surface area contributed by atoms with Crippen molar-refractivity contribution in [1.82, 2.24) is 0 Å². The lowest BCUT2D eigenvalue weighted by molar-refractivity contribution is 0.388. The van der Waals surface area contributed by atoms with Gasteiger partial charge in [-0.15, -0.1) is 0 Å². The minimum absolute atomic E-state index is 0.248. The fourth-order valence-corrected chi connectivity index (χ4v) is 29.1. The van der Waals surface area contributed by atoms with E-state index in [9.17, 15) is 8.78 Å². The lowest BCUT2D eigenvalue weighted by atomic mass is 10.1. The van der Waals surface area contributed by atoms with Crippen molar-refractivity contribution in [1.29, 1.82) is 0 Å². The van der Waals surface area contributed by atoms with Gasteiger partial charge in [-0.1, -0.05) is 521 Å². The molecule has 7 nitrogen and oxygen atoms in total. The van der Waals surface area contributed by atoms with Crippen LogP contribution in [-0.2, 0) is 4.52 Å². The number of benzene rings is 23. The summed E-state index contributed by atoms with van der Waals surface area (Å²) in [5.74, 6) is 4.16. The van der Waals surface area contributed by atoms with E-state index in [2.05, 4.69) is 315 Å². The number of rotatable bonds is 27. The van der Waals surface area contributed by atoms with Crippen molar-refractivity contribution in [3.8, 4) is 34.5 Å². The molecule has 0 spiro atoms. The van der Waals surface area contributed by atoms with Crippen molar-refractivity contribution < 1.29 is 40.4 Å². The molecular weight excluding hydrogens is 1980 g/mol. The fourth-order valence-electron chi connectivity index (χ4n) is 16.1. The van der Waals surface area contributed by atoms with Crippen LogP contribution in [0, 0.1) is 18.6 Å². The average molecular weight is 2090 g/mol. The SMILES string of the molecule is COP(c1ccccc1)c1ccccc1.Cc1ccc(P(c2ccc(F)cc2)c2ccc(F)cc2)cc1.c1ccc(OP(Oc2ccccc2)Oc2ccccc2)cc1.c1ccc(OP(Oc2ccccc2)c2ccccc2)cc1.c1ccc(OP(c2ccccc2)c2ccccc2)cc1.c1ccc(P(c2ccccc2)c2ccccc2)cc1.c1ccc2c(P(c3cccc4ccccc34)c3cccc4ccccc34)cccc2c1. The first-order valence-corrected chi connectivity index (χ1v) is 57.9. The summed E-state index contributed by atoms with van der Waals surface area (Å²) in [6, 6.07) is 210. The van der Waals surface area contributed by atoms with Crippen molar-refractivity contribution in [3.63, 3.8) is 0 Å². The summed E-state index contributed by atoms with van der Waals surface area (Å²) in [6.45, 7) is 2.04. The van der Waals surface area contributed by atoms with Gasteiger partial charge in [0.05, 0.1) is 13.5 Å². The lowest BCUT2D eigenvalue weighted by Gasteiger charge is -2.24. The highest BCUT2D eigenvalue weighted by Crippen LogP contribution is 2.46. The third-order valence-corrected chi connectivity index (χ3v) is 37.1. The highest BCUT2D eigenvalue weighted by molar-refractivity contribution is 7.81. The Balaban J connectivity index is 0.000000120. The van der Waals surface area contributed by atoms with Gasteiger partial charge in [0, 0.05) is 28.3 Å². The average Bonchev–Trinajstić information content (AvgIpc) is 0.749. The molecule has 0 heterocycles. The molecule has 23 rings (SSSR count). The normalized spacial score (nSPS) is 10.7. The van der Waals surface area contributed by atoms with Crippen molar-refractivity contribution in [2.75, 3.05) is 7.11 Å². The second-order valence-electron chi connectivity index (χ2n) is 33.7. The van der Waals surface area contributed by atoms with Gasteiger partial charge in [0.1, 0.15) is 46.1 Å². The van der Waals surface area contributed by atoms with Crippen LogP contribution in [0.4, 0.5) is 8.78 Å². The summed E-state index contributed by atoms with van der Waals surface area (Å²) >= 11 is 0. The molecule has 16 heteroatoms.